The summed E-state index contributed by atoms with van der Waals surface area (Å²) in [6.45, 7) is 2.21. The number of nitrogens with zero attached hydrogens (tertiary/aromatic N) is 3. The molecule has 3 aliphatic rings. The average molecular weight is 435 g/mol. The van der Waals surface area contributed by atoms with Gasteiger partial charge in [0.1, 0.15) is 16.9 Å². The molecule has 0 spiro atoms. The number of H-pyrrole nitrogens is 1. The van der Waals surface area contributed by atoms with Crippen LogP contribution in [0.5, 0.6) is 5.75 Å². The topological polar surface area (TPSA) is 72.8 Å². The number of carbonyl (C=O) groups excluding carboxylic acids is 1. The molecule has 5 atom stereocenters. The molecule has 2 saturated carbocycles. The molecule has 1 aromatic carbocycles. The highest BCUT2D eigenvalue weighted by Gasteiger charge is 2.58. The number of Topliss-reactive ketones (excluding diaryl/α,β-unsaturated/α-hetero) is 1. The Kier molecular flexibility index (Phi) is 4.16. The number of aryl methyl sites for hydroxylation is 1. The van der Waals surface area contributed by atoms with Gasteiger partial charge in [-0.1, -0.05) is 25.2 Å². The van der Waals surface area contributed by atoms with E-state index in [-0.39, 0.29) is 11.5 Å². The van der Waals surface area contributed by atoms with E-state index in [9.17, 15) is 4.79 Å². The van der Waals surface area contributed by atoms with Crippen molar-refractivity contribution < 1.29 is 9.53 Å². The number of carbonyl (C=O) groups is 1. The lowest BCUT2D eigenvalue weighted by Crippen LogP contribution is -2.42. The summed E-state index contributed by atoms with van der Waals surface area (Å²) in [7, 11) is 1.73. The van der Waals surface area contributed by atoms with Crippen LogP contribution in [0.3, 0.4) is 0 Å². The van der Waals surface area contributed by atoms with E-state index in [0.29, 0.717) is 33.7 Å². The van der Waals surface area contributed by atoms with Crippen LogP contribution in [0.1, 0.15) is 55.7 Å². The molecule has 0 radical (unpaired) electrons. The van der Waals surface area contributed by atoms with E-state index in [0.717, 1.165) is 43.5 Å². The highest BCUT2D eigenvalue weighted by atomic mass is 32.1. The summed E-state index contributed by atoms with van der Waals surface area (Å²) in [5, 5.41) is 0. The minimum Gasteiger partial charge on any atom is -0.497 e. The minimum atomic E-state index is -0.268. The molecule has 31 heavy (non-hydrogen) atoms. The second kappa shape index (κ2) is 6.73. The molecular weight excluding hydrogens is 408 g/mol. The summed E-state index contributed by atoms with van der Waals surface area (Å²) in [6, 6.07) is 6.36. The first kappa shape index (κ1) is 19.2. The van der Waals surface area contributed by atoms with E-state index in [1.165, 1.54) is 11.1 Å². The van der Waals surface area contributed by atoms with Gasteiger partial charge in [0.15, 0.2) is 10.4 Å². The van der Waals surface area contributed by atoms with E-state index in [4.69, 9.17) is 17.0 Å². The molecule has 2 heterocycles. The molecule has 7 heteroatoms. The van der Waals surface area contributed by atoms with Gasteiger partial charge in [0.2, 0.25) is 0 Å². The third-order valence-electron chi connectivity index (χ3n) is 8.38. The zero-order valence-electron chi connectivity index (χ0n) is 17.8. The quantitative estimate of drug-likeness (QED) is 0.588. The van der Waals surface area contributed by atoms with Crippen molar-refractivity contribution in [1.29, 1.82) is 0 Å². The molecule has 0 aliphatic heterocycles. The molecule has 160 valence electrons. The molecule has 3 aliphatic carbocycles. The van der Waals surface area contributed by atoms with Crippen molar-refractivity contribution in [3.05, 3.63) is 46.6 Å². The Morgan fingerprint density at radius 3 is 3.00 bits per heavy atom. The SMILES string of the molecule is COc1ccc2c(c1)CC[C@H]1[C@H]2CC[C@]2(C)C(=O)[C@@H](n3cnc4c(=S)nc[nH]c43)C[C@@H]12. The molecule has 3 aromatic rings. The van der Waals surface area contributed by atoms with Gasteiger partial charge in [-0.05, 0) is 73.1 Å². The van der Waals surface area contributed by atoms with E-state index in [1.54, 1.807) is 19.8 Å². The Bertz CT molecular complexity index is 1260. The van der Waals surface area contributed by atoms with Gasteiger partial charge in [-0.2, -0.15) is 0 Å². The molecule has 6 nitrogen and oxygen atoms in total. The molecule has 0 saturated heterocycles. The van der Waals surface area contributed by atoms with E-state index < -0.39 is 0 Å². The van der Waals surface area contributed by atoms with Crippen molar-refractivity contribution in [3.63, 3.8) is 0 Å². The van der Waals surface area contributed by atoms with E-state index >= 15 is 0 Å². The Morgan fingerprint density at radius 2 is 2.16 bits per heavy atom. The van der Waals surface area contributed by atoms with Crippen LogP contribution < -0.4 is 4.74 Å². The molecule has 2 aromatic heterocycles. The predicted molar refractivity (Wildman–Crippen MR) is 120 cm³/mol. The Balaban J connectivity index is 1.38. The smallest absolute Gasteiger partial charge is 0.161 e. The third kappa shape index (κ3) is 2.62. The van der Waals surface area contributed by atoms with Crippen LogP contribution in [0.4, 0.5) is 0 Å². The van der Waals surface area contributed by atoms with Crippen molar-refractivity contribution in [2.75, 3.05) is 7.11 Å². The number of ketones is 1. The standard InChI is InChI=1S/C24H26N4O2S/c1-24-8-7-16-15-6-4-14(30-2)9-13(15)3-5-17(16)18(24)10-19(21(24)29)28-12-27-20-22(28)25-11-26-23(20)31/h4,6,9,11-12,16-19H,3,5,7-8,10H2,1-2H3,(H,25,26,31)/t16-,17-,18-,19-,24-/m0/s1. The molecule has 0 amide bonds. The van der Waals surface area contributed by atoms with Crippen LogP contribution in [-0.4, -0.2) is 32.4 Å². The Morgan fingerprint density at radius 1 is 1.29 bits per heavy atom. The Hall–Kier alpha value is -2.54. The Labute approximate surface area is 186 Å². The van der Waals surface area contributed by atoms with Gasteiger partial charge in [0.05, 0.1) is 25.8 Å². The van der Waals surface area contributed by atoms with Crippen LogP contribution >= 0.6 is 12.2 Å². The van der Waals surface area contributed by atoms with Crippen LogP contribution in [0.2, 0.25) is 0 Å². The van der Waals surface area contributed by atoms with E-state index in [2.05, 4.69) is 40.1 Å². The van der Waals surface area contributed by atoms with Crippen LogP contribution in [0, 0.1) is 21.9 Å². The fourth-order valence-electron chi connectivity index (χ4n) is 6.82. The summed E-state index contributed by atoms with van der Waals surface area (Å²) >= 11 is 5.33. The van der Waals surface area contributed by atoms with Gasteiger partial charge in [-0.3, -0.25) is 4.79 Å². The summed E-state index contributed by atoms with van der Waals surface area (Å²) in [6.07, 6.45) is 8.46. The number of hydrogen-bond donors (Lipinski definition) is 1. The maximum atomic E-state index is 13.8. The number of methoxy groups -OCH3 is 1. The number of fused-ring (bicyclic) bond motifs is 6. The van der Waals surface area contributed by atoms with Gasteiger partial charge in [-0.15, -0.1) is 0 Å². The molecule has 0 unspecified atom stereocenters. The summed E-state index contributed by atoms with van der Waals surface area (Å²) < 4.78 is 7.93. The largest absolute Gasteiger partial charge is 0.497 e. The number of hydrogen-bond acceptors (Lipinski definition) is 5. The number of ether oxygens (including phenoxy) is 1. The predicted octanol–water partition coefficient (Wildman–Crippen LogP) is 4.77. The first-order chi connectivity index (χ1) is 15.0. The van der Waals surface area contributed by atoms with Crippen LogP contribution in [0.15, 0.2) is 30.9 Å². The number of rotatable bonds is 2. The third-order valence-corrected chi connectivity index (χ3v) is 8.68. The van der Waals surface area contributed by atoms with Gasteiger partial charge in [0.25, 0.3) is 0 Å². The van der Waals surface area contributed by atoms with Crippen LogP contribution in [0.25, 0.3) is 11.2 Å². The summed E-state index contributed by atoms with van der Waals surface area (Å²) in [5.74, 6) is 2.76. The highest BCUT2D eigenvalue weighted by Crippen LogP contribution is 2.61. The molecular formula is C24H26N4O2S. The van der Waals surface area contributed by atoms with Crippen molar-refractivity contribution >= 4 is 29.2 Å². The lowest BCUT2D eigenvalue weighted by molar-refractivity contribution is -0.131. The van der Waals surface area contributed by atoms with Crippen molar-refractivity contribution in [2.45, 2.75) is 51.0 Å². The fraction of sp³-hybridized carbons (Fsp3) is 0.500. The van der Waals surface area contributed by atoms with Crippen molar-refractivity contribution in [1.82, 2.24) is 19.5 Å². The van der Waals surface area contributed by atoms with Crippen molar-refractivity contribution in [2.24, 2.45) is 17.3 Å². The monoisotopic (exact) mass is 434 g/mol. The number of nitrogens with one attached hydrogen (secondary N) is 1. The number of aromatic nitrogens is 4. The zero-order chi connectivity index (χ0) is 21.3. The minimum absolute atomic E-state index is 0.191. The first-order valence-electron chi connectivity index (χ1n) is 11.1. The highest BCUT2D eigenvalue weighted by molar-refractivity contribution is 7.71. The van der Waals surface area contributed by atoms with E-state index in [1.807, 2.05) is 4.57 Å². The maximum Gasteiger partial charge on any atom is 0.161 e. The molecule has 0 bridgehead atoms. The fourth-order valence-corrected chi connectivity index (χ4v) is 7.03. The molecule has 1 N–H and O–H groups in total. The summed E-state index contributed by atoms with van der Waals surface area (Å²) in [4.78, 5) is 25.5. The van der Waals surface area contributed by atoms with Crippen molar-refractivity contribution in [3.8, 4) is 5.75 Å². The van der Waals surface area contributed by atoms with Gasteiger partial charge in [-0.25, -0.2) is 9.97 Å². The number of imidazole rings is 1. The average Bonchev–Trinajstić information content (AvgIpc) is 3.33. The number of aromatic amines is 1. The first-order valence-corrected chi connectivity index (χ1v) is 11.5. The van der Waals surface area contributed by atoms with Gasteiger partial charge < -0.3 is 14.3 Å². The second-order valence-electron chi connectivity index (χ2n) is 9.61. The van der Waals surface area contributed by atoms with Gasteiger partial charge in [0, 0.05) is 5.41 Å². The zero-order valence-corrected chi connectivity index (χ0v) is 18.6. The normalized spacial score (nSPS) is 31.9. The lowest BCUT2D eigenvalue weighted by atomic mass is 9.55. The lowest BCUT2D eigenvalue weighted by Gasteiger charge is -2.48. The van der Waals surface area contributed by atoms with Crippen LogP contribution in [-0.2, 0) is 11.2 Å². The number of benzene rings is 1. The second-order valence-corrected chi connectivity index (χ2v) is 10.00. The van der Waals surface area contributed by atoms with Gasteiger partial charge >= 0.3 is 0 Å². The summed E-state index contributed by atoms with van der Waals surface area (Å²) in [5.41, 5.74) is 4.10. The maximum absolute atomic E-state index is 13.8. The molecule has 2 fully saturated rings. The molecule has 6 rings (SSSR count).